The minimum Gasteiger partial charge on any atom is -0.482 e. The molecule has 2 aromatic rings. The molecule has 1 aromatic heterocycles. The number of fused-ring (bicyclic) bond motifs is 1. The van der Waals surface area contributed by atoms with Gasteiger partial charge in [-0.15, -0.1) is 0 Å². The zero-order valence-corrected chi connectivity index (χ0v) is 14.4. The Labute approximate surface area is 151 Å². The number of likely N-dealkylation sites (N-methyl/N-ethyl adjacent to an activating group) is 1. The maximum absolute atomic E-state index is 13.3. The summed E-state index contributed by atoms with van der Waals surface area (Å²) in [5.41, 5.74) is -1.10. The maximum atomic E-state index is 13.3. The van der Waals surface area contributed by atoms with E-state index in [4.69, 9.17) is 4.74 Å². The van der Waals surface area contributed by atoms with Gasteiger partial charge >= 0.3 is 12.4 Å². The summed E-state index contributed by atoms with van der Waals surface area (Å²) in [4.78, 5) is 7.39. The zero-order chi connectivity index (χ0) is 19.8. The molecule has 1 aliphatic heterocycles. The molecule has 0 bridgehead atoms. The van der Waals surface area contributed by atoms with Crippen LogP contribution in [0.5, 0.6) is 5.75 Å². The Morgan fingerprint density at radius 3 is 2.30 bits per heavy atom. The molecular weight excluding hydrogens is 376 g/mol. The lowest BCUT2D eigenvalue weighted by Crippen LogP contribution is -2.44. The Hall–Kier alpha value is -2.23. The highest BCUT2D eigenvalue weighted by Gasteiger charge is 2.35. The van der Waals surface area contributed by atoms with Crippen molar-refractivity contribution in [2.75, 3.05) is 44.7 Å². The second-order valence-corrected chi connectivity index (χ2v) is 6.37. The summed E-state index contributed by atoms with van der Waals surface area (Å²) in [5, 5.41) is 0.326. The number of pyridine rings is 1. The lowest BCUT2D eigenvalue weighted by Gasteiger charge is -2.35. The largest absolute Gasteiger partial charge is 0.482 e. The van der Waals surface area contributed by atoms with E-state index in [1.54, 1.807) is 4.90 Å². The Balaban J connectivity index is 2.10. The maximum Gasteiger partial charge on any atom is 0.433 e. The Morgan fingerprint density at radius 2 is 1.70 bits per heavy atom. The molecule has 4 nitrogen and oxygen atoms in total. The number of benzene rings is 1. The van der Waals surface area contributed by atoms with E-state index in [2.05, 4.69) is 4.98 Å². The third-order valence-electron chi connectivity index (χ3n) is 4.31. The van der Waals surface area contributed by atoms with Gasteiger partial charge in [-0.2, -0.15) is 26.3 Å². The van der Waals surface area contributed by atoms with Crippen molar-refractivity contribution in [3.8, 4) is 5.75 Å². The number of piperazine rings is 1. The third kappa shape index (κ3) is 4.55. The number of hydrogen-bond acceptors (Lipinski definition) is 4. The van der Waals surface area contributed by atoms with Crippen molar-refractivity contribution in [2.24, 2.45) is 0 Å². The van der Waals surface area contributed by atoms with E-state index in [1.165, 1.54) is 18.2 Å². The van der Waals surface area contributed by atoms with Crippen molar-refractivity contribution >= 4 is 16.6 Å². The average Bonchev–Trinajstić information content (AvgIpc) is 2.58. The van der Waals surface area contributed by atoms with E-state index < -0.39 is 24.7 Å². The predicted molar refractivity (Wildman–Crippen MR) is 88.0 cm³/mol. The predicted octanol–water partition coefficient (Wildman–Crippen LogP) is 3.95. The first-order chi connectivity index (χ1) is 12.5. The van der Waals surface area contributed by atoms with Gasteiger partial charge in [0.15, 0.2) is 6.61 Å². The third-order valence-corrected chi connectivity index (χ3v) is 4.31. The number of anilines is 1. The summed E-state index contributed by atoms with van der Waals surface area (Å²) in [6, 6.07) is 5.12. The van der Waals surface area contributed by atoms with Crippen molar-refractivity contribution in [1.29, 1.82) is 0 Å². The number of hydrogen-bond donors (Lipinski definition) is 0. The molecule has 1 fully saturated rings. The van der Waals surface area contributed by atoms with E-state index >= 15 is 0 Å². The van der Waals surface area contributed by atoms with E-state index in [0.717, 1.165) is 6.07 Å². The highest BCUT2D eigenvalue weighted by atomic mass is 19.4. The summed E-state index contributed by atoms with van der Waals surface area (Å²) < 4.78 is 82.1. The number of ether oxygens (including phenoxy) is 1. The molecule has 27 heavy (non-hydrogen) atoms. The zero-order valence-electron chi connectivity index (χ0n) is 14.4. The van der Waals surface area contributed by atoms with Gasteiger partial charge in [-0.1, -0.05) is 12.1 Å². The molecule has 3 rings (SSSR count). The molecule has 0 unspecified atom stereocenters. The quantitative estimate of drug-likeness (QED) is 0.739. The lowest BCUT2D eigenvalue weighted by atomic mass is 10.1. The molecule has 1 aromatic carbocycles. The lowest BCUT2D eigenvalue weighted by molar-refractivity contribution is -0.153. The number of rotatable bonds is 3. The molecule has 1 aliphatic rings. The topological polar surface area (TPSA) is 28.6 Å². The summed E-state index contributed by atoms with van der Waals surface area (Å²) in [7, 11) is 1.91. The van der Waals surface area contributed by atoms with Gasteiger partial charge in [0.25, 0.3) is 0 Å². The number of para-hydroxylation sites is 1. The van der Waals surface area contributed by atoms with Crippen LogP contribution in [0.25, 0.3) is 10.9 Å². The SMILES string of the molecule is CN1CCN(c2cc(C(F)(F)F)nc3c(OCC(F)(F)F)cccc23)CC1. The van der Waals surface area contributed by atoms with Crippen LogP contribution in [-0.2, 0) is 6.18 Å². The Morgan fingerprint density at radius 1 is 1.04 bits per heavy atom. The summed E-state index contributed by atoms with van der Waals surface area (Å²) in [6.45, 7) is 0.722. The first kappa shape index (κ1) is 19.5. The molecule has 0 N–H and O–H groups in total. The minimum absolute atomic E-state index is 0.231. The first-order valence-corrected chi connectivity index (χ1v) is 8.18. The van der Waals surface area contributed by atoms with Crippen LogP contribution in [0.1, 0.15) is 5.69 Å². The van der Waals surface area contributed by atoms with Crippen molar-refractivity contribution in [3.05, 3.63) is 30.0 Å². The van der Waals surface area contributed by atoms with E-state index in [9.17, 15) is 26.3 Å². The number of aromatic nitrogens is 1. The van der Waals surface area contributed by atoms with Crippen LogP contribution < -0.4 is 9.64 Å². The smallest absolute Gasteiger partial charge is 0.433 e. The van der Waals surface area contributed by atoms with Gasteiger partial charge in [-0.05, 0) is 19.2 Å². The number of alkyl halides is 6. The fourth-order valence-corrected chi connectivity index (χ4v) is 2.93. The van der Waals surface area contributed by atoms with Crippen molar-refractivity contribution in [1.82, 2.24) is 9.88 Å². The Kier molecular flexibility index (Phi) is 5.11. The van der Waals surface area contributed by atoms with Gasteiger partial charge < -0.3 is 14.5 Å². The minimum atomic E-state index is -4.73. The monoisotopic (exact) mass is 393 g/mol. The van der Waals surface area contributed by atoms with Crippen LogP contribution in [0.3, 0.4) is 0 Å². The highest BCUT2D eigenvalue weighted by Crippen LogP contribution is 2.38. The van der Waals surface area contributed by atoms with E-state index in [-0.39, 0.29) is 17.0 Å². The van der Waals surface area contributed by atoms with Crippen molar-refractivity contribution < 1.29 is 31.1 Å². The second-order valence-electron chi connectivity index (χ2n) is 6.37. The van der Waals surface area contributed by atoms with Gasteiger partial charge in [0, 0.05) is 37.3 Å². The standard InChI is InChI=1S/C17H17F6N3O/c1-25-5-7-26(8-6-25)12-9-14(17(21,22)23)24-15-11(12)3-2-4-13(15)27-10-16(18,19)20/h2-4,9H,5-8,10H2,1H3. The molecule has 2 heterocycles. The van der Waals surface area contributed by atoms with Crippen LogP contribution in [0.4, 0.5) is 32.0 Å². The molecule has 0 atom stereocenters. The van der Waals surface area contributed by atoms with Crippen LogP contribution in [0.2, 0.25) is 0 Å². The van der Waals surface area contributed by atoms with Gasteiger partial charge in [-0.3, -0.25) is 0 Å². The van der Waals surface area contributed by atoms with Crippen LogP contribution in [0, 0.1) is 0 Å². The molecule has 148 valence electrons. The molecule has 1 saturated heterocycles. The summed E-state index contributed by atoms with van der Waals surface area (Å²) in [5.74, 6) is -0.327. The van der Waals surface area contributed by atoms with E-state index in [1.807, 2.05) is 11.9 Å². The first-order valence-electron chi connectivity index (χ1n) is 8.18. The summed E-state index contributed by atoms with van der Waals surface area (Å²) >= 11 is 0. The van der Waals surface area contributed by atoms with Gasteiger partial charge in [0.1, 0.15) is 17.0 Å². The number of halogens is 6. The molecule has 0 radical (unpaired) electrons. The highest BCUT2D eigenvalue weighted by molar-refractivity contribution is 5.95. The van der Waals surface area contributed by atoms with Crippen molar-refractivity contribution in [3.63, 3.8) is 0 Å². The number of nitrogens with zero attached hydrogens (tertiary/aromatic N) is 3. The second kappa shape index (κ2) is 7.06. The fraction of sp³-hybridized carbons (Fsp3) is 0.471. The normalized spacial score (nSPS) is 16.8. The molecule has 0 saturated carbocycles. The van der Waals surface area contributed by atoms with Gasteiger partial charge in [-0.25, -0.2) is 4.98 Å². The molecule has 10 heteroatoms. The summed E-state index contributed by atoms with van der Waals surface area (Å²) in [6.07, 6.45) is -9.34. The van der Waals surface area contributed by atoms with Crippen LogP contribution in [-0.4, -0.2) is 55.9 Å². The van der Waals surface area contributed by atoms with Gasteiger partial charge in [0.05, 0.1) is 0 Å². The van der Waals surface area contributed by atoms with Crippen molar-refractivity contribution in [2.45, 2.75) is 12.4 Å². The molecular formula is C17H17F6N3O. The van der Waals surface area contributed by atoms with Gasteiger partial charge in [0.2, 0.25) is 0 Å². The fourth-order valence-electron chi connectivity index (χ4n) is 2.93. The Bertz CT molecular complexity index is 813. The molecule has 0 amide bonds. The molecule has 0 spiro atoms. The average molecular weight is 393 g/mol. The van der Waals surface area contributed by atoms with Crippen LogP contribution >= 0.6 is 0 Å². The van der Waals surface area contributed by atoms with E-state index in [0.29, 0.717) is 31.6 Å². The van der Waals surface area contributed by atoms with Crippen LogP contribution in [0.15, 0.2) is 24.3 Å². The molecule has 0 aliphatic carbocycles.